The van der Waals surface area contributed by atoms with Crippen LogP contribution < -0.4 is 16.0 Å². The van der Waals surface area contributed by atoms with Gasteiger partial charge in [0.15, 0.2) is 5.96 Å². The van der Waals surface area contributed by atoms with Gasteiger partial charge in [-0.05, 0) is 25.8 Å². The fourth-order valence-electron chi connectivity index (χ4n) is 2.16. The zero-order valence-corrected chi connectivity index (χ0v) is 16.4. The van der Waals surface area contributed by atoms with Crippen molar-refractivity contribution in [3.8, 4) is 0 Å². The Balaban J connectivity index is 2.67. The van der Waals surface area contributed by atoms with E-state index in [0.29, 0.717) is 19.0 Å². The van der Waals surface area contributed by atoms with E-state index in [2.05, 4.69) is 33.1 Å². The minimum Gasteiger partial charge on any atom is -0.359 e. The standard InChI is InChI=1S/C19H31N5O2/c1-19(2,17(26)20-3)14-23-18(22-13-16(25)24(4)5)21-12-11-15-9-7-6-8-10-15/h6-10H,11-14H2,1-5H3,(H,20,26)(H2,21,22,23). The number of hydrogen-bond acceptors (Lipinski definition) is 3. The second kappa shape index (κ2) is 10.4. The Morgan fingerprint density at radius 2 is 1.77 bits per heavy atom. The number of hydrogen-bond donors (Lipinski definition) is 3. The van der Waals surface area contributed by atoms with Gasteiger partial charge in [-0.25, -0.2) is 4.99 Å². The van der Waals surface area contributed by atoms with Crippen LogP contribution in [0.3, 0.4) is 0 Å². The first-order chi connectivity index (χ1) is 12.3. The lowest BCUT2D eigenvalue weighted by atomic mass is 9.92. The van der Waals surface area contributed by atoms with Crippen LogP contribution in [0.4, 0.5) is 0 Å². The first kappa shape index (κ1) is 21.5. The normalized spacial score (nSPS) is 11.7. The summed E-state index contributed by atoms with van der Waals surface area (Å²) in [5.41, 5.74) is 0.622. The smallest absolute Gasteiger partial charge is 0.243 e. The minimum atomic E-state index is -0.595. The Hall–Kier alpha value is -2.57. The second-order valence-electron chi connectivity index (χ2n) is 6.93. The lowest BCUT2D eigenvalue weighted by molar-refractivity contribution is -0.128. The van der Waals surface area contributed by atoms with E-state index < -0.39 is 5.41 Å². The third-order valence-corrected chi connectivity index (χ3v) is 3.96. The predicted molar refractivity (Wildman–Crippen MR) is 105 cm³/mol. The van der Waals surface area contributed by atoms with Crippen molar-refractivity contribution in [2.24, 2.45) is 10.4 Å². The molecule has 0 saturated heterocycles. The molecule has 0 spiro atoms. The average Bonchev–Trinajstić information content (AvgIpc) is 2.63. The summed E-state index contributed by atoms with van der Waals surface area (Å²) in [7, 11) is 5.01. The van der Waals surface area contributed by atoms with E-state index in [1.165, 1.54) is 10.5 Å². The molecule has 2 amide bonds. The summed E-state index contributed by atoms with van der Waals surface area (Å²) >= 11 is 0. The van der Waals surface area contributed by atoms with E-state index in [1.54, 1.807) is 21.1 Å². The van der Waals surface area contributed by atoms with Gasteiger partial charge >= 0.3 is 0 Å². The number of rotatable bonds is 8. The van der Waals surface area contributed by atoms with Crippen LogP contribution in [-0.2, 0) is 16.0 Å². The lowest BCUT2D eigenvalue weighted by Gasteiger charge is -2.24. The minimum absolute atomic E-state index is 0.0497. The second-order valence-corrected chi connectivity index (χ2v) is 6.93. The zero-order valence-electron chi connectivity index (χ0n) is 16.4. The van der Waals surface area contributed by atoms with Crippen LogP contribution in [0.5, 0.6) is 0 Å². The Kier molecular flexibility index (Phi) is 8.61. The number of benzene rings is 1. The number of nitrogens with zero attached hydrogens (tertiary/aromatic N) is 2. The highest BCUT2D eigenvalue weighted by atomic mass is 16.2. The third kappa shape index (κ3) is 7.55. The number of nitrogens with one attached hydrogen (secondary N) is 3. The lowest BCUT2D eigenvalue weighted by Crippen LogP contribution is -2.47. The van der Waals surface area contributed by atoms with Gasteiger partial charge in [-0.2, -0.15) is 0 Å². The molecule has 0 fully saturated rings. The highest BCUT2D eigenvalue weighted by Gasteiger charge is 2.26. The van der Waals surface area contributed by atoms with Crippen molar-refractivity contribution >= 4 is 17.8 Å². The number of carbonyl (C=O) groups is 2. The molecular formula is C19H31N5O2. The summed E-state index contributed by atoms with van der Waals surface area (Å²) in [6.45, 7) is 4.83. The van der Waals surface area contributed by atoms with Crippen molar-refractivity contribution in [3.63, 3.8) is 0 Å². The summed E-state index contributed by atoms with van der Waals surface area (Å²) in [6, 6.07) is 10.1. The maximum absolute atomic E-state index is 11.9. The first-order valence-electron chi connectivity index (χ1n) is 8.74. The molecular weight excluding hydrogens is 330 g/mol. The topological polar surface area (TPSA) is 85.8 Å². The Morgan fingerprint density at radius 3 is 2.35 bits per heavy atom. The van der Waals surface area contributed by atoms with Crippen LogP contribution in [-0.4, -0.2) is 63.5 Å². The first-order valence-corrected chi connectivity index (χ1v) is 8.74. The Labute approximate surface area is 156 Å². The van der Waals surface area contributed by atoms with E-state index in [9.17, 15) is 9.59 Å². The molecule has 7 nitrogen and oxygen atoms in total. The van der Waals surface area contributed by atoms with Gasteiger partial charge in [0, 0.05) is 34.2 Å². The molecule has 0 aliphatic carbocycles. The molecule has 7 heteroatoms. The van der Waals surface area contributed by atoms with Gasteiger partial charge < -0.3 is 20.9 Å². The van der Waals surface area contributed by atoms with Crippen LogP contribution in [0, 0.1) is 5.41 Å². The highest BCUT2D eigenvalue weighted by Crippen LogP contribution is 2.12. The number of amides is 2. The van der Waals surface area contributed by atoms with E-state index >= 15 is 0 Å². The molecule has 0 bridgehead atoms. The van der Waals surface area contributed by atoms with Crippen LogP contribution in [0.2, 0.25) is 0 Å². The molecule has 3 N–H and O–H groups in total. The molecule has 0 aliphatic rings. The fraction of sp³-hybridized carbons (Fsp3) is 0.526. The van der Waals surface area contributed by atoms with Gasteiger partial charge in [0.1, 0.15) is 6.54 Å². The molecule has 1 rings (SSSR count). The molecule has 26 heavy (non-hydrogen) atoms. The van der Waals surface area contributed by atoms with Gasteiger partial charge in [0.25, 0.3) is 0 Å². The Morgan fingerprint density at radius 1 is 1.12 bits per heavy atom. The highest BCUT2D eigenvalue weighted by molar-refractivity contribution is 5.86. The molecule has 0 saturated carbocycles. The largest absolute Gasteiger partial charge is 0.359 e. The number of likely N-dealkylation sites (N-methyl/N-ethyl adjacent to an activating group) is 1. The van der Waals surface area contributed by atoms with Crippen molar-refractivity contribution in [1.82, 2.24) is 20.9 Å². The molecule has 0 unspecified atom stereocenters. The van der Waals surface area contributed by atoms with E-state index in [-0.39, 0.29) is 18.4 Å². The summed E-state index contributed by atoms with van der Waals surface area (Å²) in [6.07, 6.45) is 0.835. The third-order valence-electron chi connectivity index (χ3n) is 3.96. The van der Waals surface area contributed by atoms with Crippen molar-refractivity contribution in [2.45, 2.75) is 20.3 Å². The zero-order chi connectivity index (χ0) is 19.6. The van der Waals surface area contributed by atoms with Crippen molar-refractivity contribution in [1.29, 1.82) is 0 Å². The molecule has 1 aromatic carbocycles. The van der Waals surface area contributed by atoms with Crippen molar-refractivity contribution in [3.05, 3.63) is 35.9 Å². The van der Waals surface area contributed by atoms with Crippen molar-refractivity contribution < 1.29 is 9.59 Å². The Bertz CT molecular complexity index is 612. The average molecular weight is 361 g/mol. The van der Waals surface area contributed by atoms with Gasteiger partial charge in [-0.1, -0.05) is 30.3 Å². The van der Waals surface area contributed by atoms with E-state index in [4.69, 9.17) is 0 Å². The van der Waals surface area contributed by atoms with Crippen LogP contribution in [0.1, 0.15) is 19.4 Å². The molecule has 1 aromatic rings. The summed E-state index contributed by atoms with van der Waals surface area (Å²) < 4.78 is 0. The van der Waals surface area contributed by atoms with Crippen LogP contribution in [0.15, 0.2) is 35.3 Å². The maximum Gasteiger partial charge on any atom is 0.243 e. The fourth-order valence-corrected chi connectivity index (χ4v) is 2.16. The number of guanidine groups is 1. The van der Waals surface area contributed by atoms with Gasteiger partial charge in [0.05, 0.1) is 5.41 Å². The number of aliphatic imine (C=N–C) groups is 1. The monoisotopic (exact) mass is 361 g/mol. The van der Waals surface area contributed by atoms with E-state index in [0.717, 1.165) is 6.42 Å². The van der Waals surface area contributed by atoms with Crippen molar-refractivity contribution in [2.75, 3.05) is 40.8 Å². The summed E-state index contributed by atoms with van der Waals surface area (Å²) in [5.74, 6) is 0.380. The van der Waals surface area contributed by atoms with E-state index in [1.807, 2.05) is 32.0 Å². The van der Waals surface area contributed by atoms with Gasteiger partial charge in [-0.15, -0.1) is 0 Å². The summed E-state index contributed by atoms with van der Waals surface area (Å²) in [4.78, 5) is 29.6. The molecule has 0 heterocycles. The number of carbonyl (C=O) groups excluding carboxylic acids is 2. The maximum atomic E-state index is 11.9. The molecule has 0 atom stereocenters. The predicted octanol–water partition coefficient (Wildman–Crippen LogP) is 0.625. The van der Waals surface area contributed by atoms with Crippen LogP contribution in [0.25, 0.3) is 0 Å². The molecule has 0 aromatic heterocycles. The SMILES string of the molecule is CNC(=O)C(C)(C)CNC(=NCC(=O)N(C)C)NCCc1ccccc1. The summed E-state index contributed by atoms with van der Waals surface area (Å²) in [5, 5.41) is 9.05. The molecule has 0 aliphatic heterocycles. The van der Waals surface area contributed by atoms with Gasteiger partial charge in [-0.3, -0.25) is 9.59 Å². The quantitative estimate of drug-likeness (QED) is 0.468. The van der Waals surface area contributed by atoms with Crippen LogP contribution >= 0.6 is 0 Å². The van der Waals surface area contributed by atoms with Gasteiger partial charge in [0.2, 0.25) is 11.8 Å². The molecule has 0 radical (unpaired) electrons. The molecule has 144 valence electrons.